The number of nitrogens with zero attached hydrogens (tertiary/aromatic N) is 2. The van der Waals surface area contributed by atoms with E-state index in [1.54, 1.807) is 12.6 Å². The van der Waals surface area contributed by atoms with E-state index in [0.29, 0.717) is 12.6 Å². The molecule has 90 valence electrons. The Kier molecular flexibility index (Phi) is 2.49. The maximum absolute atomic E-state index is 5.83. The van der Waals surface area contributed by atoms with Gasteiger partial charge in [-0.15, -0.1) is 0 Å². The normalized spacial score (nSPS) is 24.8. The Morgan fingerprint density at radius 2 is 2.53 bits per heavy atom. The van der Waals surface area contributed by atoms with Gasteiger partial charge in [-0.1, -0.05) is 0 Å². The molecule has 2 unspecified atom stereocenters. The molecule has 3 heterocycles. The van der Waals surface area contributed by atoms with E-state index in [1.165, 1.54) is 5.69 Å². The van der Waals surface area contributed by atoms with Gasteiger partial charge in [0.15, 0.2) is 0 Å². The van der Waals surface area contributed by atoms with Crippen molar-refractivity contribution in [3.8, 4) is 0 Å². The number of aromatic amines is 1. The molecule has 0 aromatic carbocycles. The Hall–Kier alpha value is -1.59. The van der Waals surface area contributed by atoms with Crippen LogP contribution in [0, 0.1) is 0 Å². The number of furan rings is 1. The van der Waals surface area contributed by atoms with Crippen LogP contribution in [0.25, 0.3) is 0 Å². The molecule has 17 heavy (non-hydrogen) atoms. The highest BCUT2D eigenvalue weighted by Crippen LogP contribution is 2.34. The third-order valence-electron chi connectivity index (χ3n) is 3.52. The number of H-pyrrole nitrogens is 1. The number of rotatable bonds is 2. The Morgan fingerprint density at radius 1 is 1.65 bits per heavy atom. The lowest BCUT2D eigenvalue weighted by molar-refractivity contribution is 0.162. The summed E-state index contributed by atoms with van der Waals surface area (Å²) in [7, 11) is 2.07. The number of hydrogen-bond donors (Lipinski definition) is 2. The van der Waals surface area contributed by atoms with E-state index < -0.39 is 0 Å². The average Bonchev–Trinajstić information content (AvgIpc) is 2.97. The molecule has 1 aliphatic heterocycles. The van der Waals surface area contributed by atoms with Crippen molar-refractivity contribution >= 4 is 0 Å². The third-order valence-corrected chi connectivity index (χ3v) is 3.52. The fourth-order valence-electron chi connectivity index (χ4n) is 2.55. The summed E-state index contributed by atoms with van der Waals surface area (Å²) < 4.78 is 5.53. The van der Waals surface area contributed by atoms with Gasteiger partial charge in [-0.2, -0.15) is 0 Å². The fourth-order valence-corrected chi connectivity index (χ4v) is 2.55. The largest absolute Gasteiger partial charge is 0.467 e. The van der Waals surface area contributed by atoms with E-state index in [0.717, 1.165) is 17.9 Å². The number of aromatic nitrogens is 2. The van der Waals surface area contributed by atoms with Crippen molar-refractivity contribution in [3.05, 3.63) is 41.9 Å². The maximum Gasteiger partial charge on any atom is 0.127 e. The maximum atomic E-state index is 5.83. The summed E-state index contributed by atoms with van der Waals surface area (Å²) in [6.07, 6.45) is 4.36. The molecule has 2 aromatic rings. The van der Waals surface area contributed by atoms with E-state index in [2.05, 4.69) is 21.9 Å². The van der Waals surface area contributed by atoms with Crippen molar-refractivity contribution in [1.82, 2.24) is 14.9 Å². The van der Waals surface area contributed by atoms with Crippen LogP contribution in [0.1, 0.15) is 23.2 Å². The van der Waals surface area contributed by atoms with Crippen molar-refractivity contribution in [2.75, 3.05) is 13.6 Å². The van der Waals surface area contributed by atoms with E-state index in [9.17, 15) is 0 Å². The summed E-state index contributed by atoms with van der Waals surface area (Å²) >= 11 is 0. The van der Waals surface area contributed by atoms with Crippen LogP contribution >= 0.6 is 0 Å². The zero-order chi connectivity index (χ0) is 11.8. The number of likely N-dealkylation sites (N-methyl/N-ethyl adjacent to an activating group) is 1. The molecule has 0 spiro atoms. The summed E-state index contributed by atoms with van der Waals surface area (Å²) in [5, 5.41) is 0. The molecule has 0 fully saturated rings. The number of nitrogens with two attached hydrogens (primary N) is 1. The average molecular weight is 232 g/mol. The van der Waals surface area contributed by atoms with Gasteiger partial charge in [-0.3, -0.25) is 4.90 Å². The number of fused-ring (bicyclic) bond motifs is 1. The Bertz CT molecular complexity index is 490. The molecular formula is C12H16N4O. The van der Waals surface area contributed by atoms with Crippen LogP contribution in [0.15, 0.2) is 29.1 Å². The van der Waals surface area contributed by atoms with Crippen LogP contribution in [0.2, 0.25) is 0 Å². The van der Waals surface area contributed by atoms with Crippen LogP contribution in [0.3, 0.4) is 0 Å². The molecule has 5 heteroatoms. The lowest BCUT2D eigenvalue weighted by Gasteiger charge is -2.37. The summed E-state index contributed by atoms with van der Waals surface area (Å²) in [6, 6.07) is 4.27. The predicted octanol–water partition coefficient (Wildman–Crippen LogP) is 0.907. The molecule has 2 aromatic heterocycles. The smallest absolute Gasteiger partial charge is 0.127 e. The number of imidazole rings is 1. The molecule has 2 atom stereocenters. The van der Waals surface area contributed by atoms with Crippen molar-refractivity contribution in [2.24, 2.45) is 5.73 Å². The highest BCUT2D eigenvalue weighted by Gasteiger charge is 2.35. The van der Waals surface area contributed by atoms with E-state index >= 15 is 0 Å². The van der Waals surface area contributed by atoms with Gasteiger partial charge in [0.1, 0.15) is 11.8 Å². The number of nitrogens with one attached hydrogen (secondary N) is 1. The molecule has 0 aliphatic carbocycles. The van der Waals surface area contributed by atoms with E-state index in [4.69, 9.17) is 10.2 Å². The van der Waals surface area contributed by atoms with Crippen LogP contribution in [0.5, 0.6) is 0 Å². The summed E-state index contributed by atoms with van der Waals surface area (Å²) in [5.41, 5.74) is 8.04. The zero-order valence-electron chi connectivity index (χ0n) is 9.76. The highest BCUT2D eigenvalue weighted by atomic mass is 16.3. The monoisotopic (exact) mass is 232 g/mol. The fraction of sp³-hybridized carbons (Fsp3) is 0.417. The zero-order valence-corrected chi connectivity index (χ0v) is 9.76. The van der Waals surface area contributed by atoms with E-state index in [-0.39, 0.29) is 6.04 Å². The minimum atomic E-state index is 0.0635. The van der Waals surface area contributed by atoms with Crippen LogP contribution in [-0.2, 0) is 6.42 Å². The van der Waals surface area contributed by atoms with Crippen molar-refractivity contribution in [3.63, 3.8) is 0 Å². The Morgan fingerprint density at radius 3 is 3.24 bits per heavy atom. The van der Waals surface area contributed by atoms with Gasteiger partial charge in [-0.05, 0) is 19.2 Å². The van der Waals surface area contributed by atoms with Gasteiger partial charge in [0.2, 0.25) is 0 Å². The quantitative estimate of drug-likeness (QED) is 0.807. The van der Waals surface area contributed by atoms with Crippen LogP contribution < -0.4 is 5.73 Å². The summed E-state index contributed by atoms with van der Waals surface area (Å²) in [4.78, 5) is 9.85. The summed E-state index contributed by atoms with van der Waals surface area (Å²) in [5.74, 6) is 0.916. The third kappa shape index (κ3) is 1.59. The van der Waals surface area contributed by atoms with E-state index in [1.807, 2.05) is 12.1 Å². The van der Waals surface area contributed by atoms with Gasteiger partial charge in [-0.25, -0.2) is 4.98 Å². The Labute approximate surface area is 99.6 Å². The second kappa shape index (κ2) is 4.01. The molecule has 0 radical (unpaired) electrons. The van der Waals surface area contributed by atoms with Crippen molar-refractivity contribution < 1.29 is 4.42 Å². The minimum absolute atomic E-state index is 0.0635. The number of hydrogen-bond acceptors (Lipinski definition) is 4. The molecule has 0 saturated heterocycles. The predicted molar refractivity (Wildman–Crippen MR) is 63.4 cm³/mol. The first-order valence-electron chi connectivity index (χ1n) is 5.78. The second-order valence-electron chi connectivity index (χ2n) is 4.44. The SMILES string of the molecule is CN1C(CN)Cc2[nH]cnc2C1c1ccco1. The molecule has 3 rings (SSSR count). The molecule has 5 nitrogen and oxygen atoms in total. The molecule has 0 saturated carbocycles. The van der Waals surface area contributed by atoms with Crippen LogP contribution in [0.4, 0.5) is 0 Å². The molecular weight excluding hydrogens is 216 g/mol. The van der Waals surface area contributed by atoms with Gasteiger partial charge >= 0.3 is 0 Å². The van der Waals surface area contributed by atoms with Crippen LogP contribution in [-0.4, -0.2) is 34.5 Å². The van der Waals surface area contributed by atoms with Gasteiger partial charge in [0.25, 0.3) is 0 Å². The van der Waals surface area contributed by atoms with Gasteiger partial charge in [0, 0.05) is 24.7 Å². The first-order valence-corrected chi connectivity index (χ1v) is 5.78. The Balaban J connectivity index is 2.07. The second-order valence-corrected chi connectivity index (χ2v) is 4.44. The van der Waals surface area contributed by atoms with Crippen molar-refractivity contribution in [2.45, 2.75) is 18.5 Å². The first kappa shape index (κ1) is 10.6. The molecule has 3 N–H and O–H groups in total. The highest BCUT2D eigenvalue weighted by molar-refractivity contribution is 5.28. The first-order chi connectivity index (χ1) is 8.31. The molecule has 0 amide bonds. The lowest BCUT2D eigenvalue weighted by Crippen LogP contribution is -2.45. The molecule has 1 aliphatic rings. The topological polar surface area (TPSA) is 71.1 Å². The van der Waals surface area contributed by atoms with Gasteiger partial charge < -0.3 is 15.1 Å². The lowest BCUT2D eigenvalue weighted by atomic mass is 9.95. The minimum Gasteiger partial charge on any atom is -0.467 e. The van der Waals surface area contributed by atoms with Crippen molar-refractivity contribution in [1.29, 1.82) is 0 Å². The molecule has 0 bridgehead atoms. The van der Waals surface area contributed by atoms with Gasteiger partial charge in [0.05, 0.1) is 18.3 Å². The standard InChI is InChI=1S/C12H16N4O/c1-16-8(6-13)5-9-11(15-7-14-9)12(16)10-3-2-4-17-10/h2-4,7-8,12H,5-6,13H2,1H3,(H,14,15). The summed E-state index contributed by atoms with van der Waals surface area (Å²) in [6.45, 7) is 0.631.